The van der Waals surface area contributed by atoms with Crippen LogP contribution in [0.2, 0.25) is 0 Å². The molecule has 19 heavy (non-hydrogen) atoms. The number of rotatable bonds is 6. The molecule has 0 spiro atoms. The standard InChI is InChI=1S/C14H19F2NO2/c1-8(2)7-12(14(18)19)17-9(3)13-10(15)5-4-6-11(13)16/h4-6,8-9,12,17H,7H2,1-3H3,(H,18,19). The highest BCUT2D eigenvalue weighted by Crippen LogP contribution is 2.21. The van der Waals surface area contributed by atoms with Gasteiger partial charge >= 0.3 is 5.97 Å². The van der Waals surface area contributed by atoms with Gasteiger partial charge in [-0.05, 0) is 31.4 Å². The summed E-state index contributed by atoms with van der Waals surface area (Å²) < 4.78 is 27.2. The minimum Gasteiger partial charge on any atom is -0.480 e. The van der Waals surface area contributed by atoms with Gasteiger partial charge in [0.25, 0.3) is 0 Å². The second kappa shape index (κ2) is 6.61. The van der Waals surface area contributed by atoms with Crippen LogP contribution in [0.3, 0.4) is 0 Å². The first-order valence-corrected chi connectivity index (χ1v) is 6.25. The summed E-state index contributed by atoms with van der Waals surface area (Å²) in [5.74, 6) is -2.19. The fourth-order valence-electron chi connectivity index (χ4n) is 2.02. The molecule has 0 saturated heterocycles. The molecular formula is C14H19F2NO2. The summed E-state index contributed by atoms with van der Waals surface area (Å²) in [6.45, 7) is 5.34. The van der Waals surface area contributed by atoms with E-state index in [0.29, 0.717) is 6.42 Å². The van der Waals surface area contributed by atoms with Gasteiger partial charge in [-0.15, -0.1) is 0 Å². The third-order valence-corrected chi connectivity index (χ3v) is 2.89. The van der Waals surface area contributed by atoms with Crippen molar-refractivity contribution in [2.24, 2.45) is 5.92 Å². The smallest absolute Gasteiger partial charge is 0.320 e. The van der Waals surface area contributed by atoms with Crippen LogP contribution in [0.4, 0.5) is 8.78 Å². The molecule has 106 valence electrons. The van der Waals surface area contributed by atoms with E-state index in [1.165, 1.54) is 6.07 Å². The van der Waals surface area contributed by atoms with Gasteiger partial charge in [-0.25, -0.2) is 8.78 Å². The average molecular weight is 271 g/mol. The van der Waals surface area contributed by atoms with Gasteiger partial charge < -0.3 is 5.11 Å². The highest BCUT2D eigenvalue weighted by atomic mass is 19.1. The third kappa shape index (κ3) is 4.28. The van der Waals surface area contributed by atoms with Crippen LogP contribution in [0.15, 0.2) is 18.2 Å². The average Bonchev–Trinajstić information content (AvgIpc) is 2.27. The van der Waals surface area contributed by atoms with Crippen LogP contribution in [0.1, 0.15) is 38.8 Å². The molecule has 1 aromatic carbocycles. The van der Waals surface area contributed by atoms with Crippen molar-refractivity contribution in [3.63, 3.8) is 0 Å². The summed E-state index contributed by atoms with van der Waals surface area (Å²) in [6, 6.07) is 2.07. The normalized spacial score (nSPS) is 14.4. The second-order valence-electron chi connectivity index (χ2n) is 5.04. The Morgan fingerprint density at radius 2 is 1.79 bits per heavy atom. The van der Waals surface area contributed by atoms with E-state index in [-0.39, 0.29) is 11.5 Å². The van der Waals surface area contributed by atoms with Crippen molar-refractivity contribution in [1.29, 1.82) is 0 Å². The number of hydrogen-bond acceptors (Lipinski definition) is 2. The molecule has 1 aromatic rings. The van der Waals surface area contributed by atoms with Gasteiger partial charge in [0.2, 0.25) is 0 Å². The zero-order valence-corrected chi connectivity index (χ0v) is 11.3. The molecular weight excluding hydrogens is 252 g/mol. The number of carbonyl (C=O) groups is 1. The third-order valence-electron chi connectivity index (χ3n) is 2.89. The van der Waals surface area contributed by atoms with Crippen LogP contribution < -0.4 is 5.32 Å². The van der Waals surface area contributed by atoms with E-state index in [9.17, 15) is 13.6 Å². The Balaban J connectivity index is 2.87. The number of carboxylic acid groups (broad SMARTS) is 1. The van der Waals surface area contributed by atoms with Crippen LogP contribution in [0.25, 0.3) is 0 Å². The van der Waals surface area contributed by atoms with Gasteiger partial charge in [-0.2, -0.15) is 0 Å². The van der Waals surface area contributed by atoms with Crippen LogP contribution in [-0.2, 0) is 4.79 Å². The Morgan fingerprint density at radius 3 is 2.21 bits per heavy atom. The Kier molecular flexibility index (Phi) is 5.42. The summed E-state index contributed by atoms with van der Waals surface area (Å²) >= 11 is 0. The number of benzene rings is 1. The molecule has 3 nitrogen and oxygen atoms in total. The molecule has 0 saturated carbocycles. The zero-order valence-electron chi connectivity index (χ0n) is 11.3. The van der Waals surface area contributed by atoms with Crippen molar-refractivity contribution in [2.45, 2.75) is 39.3 Å². The predicted molar refractivity (Wildman–Crippen MR) is 68.8 cm³/mol. The van der Waals surface area contributed by atoms with Crippen molar-refractivity contribution >= 4 is 5.97 Å². The molecule has 2 atom stereocenters. The Labute approximate surface area is 111 Å². The van der Waals surface area contributed by atoms with Crippen molar-refractivity contribution in [3.05, 3.63) is 35.4 Å². The van der Waals surface area contributed by atoms with E-state index in [1.807, 2.05) is 13.8 Å². The summed E-state index contributed by atoms with van der Waals surface area (Å²) in [7, 11) is 0. The summed E-state index contributed by atoms with van der Waals surface area (Å²) in [5.41, 5.74) is -0.127. The van der Waals surface area contributed by atoms with Gasteiger partial charge in [0, 0.05) is 11.6 Å². The Morgan fingerprint density at radius 1 is 1.26 bits per heavy atom. The maximum atomic E-state index is 13.6. The van der Waals surface area contributed by atoms with E-state index < -0.39 is 29.7 Å². The Bertz CT molecular complexity index is 429. The largest absolute Gasteiger partial charge is 0.480 e. The molecule has 5 heteroatoms. The van der Waals surface area contributed by atoms with Crippen LogP contribution in [0, 0.1) is 17.6 Å². The first-order valence-electron chi connectivity index (χ1n) is 6.25. The topological polar surface area (TPSA) is 49.3 Å². The number of hydrogen-bond donors (Lipinski definition) is 2. The highest BCUT2D eigenvalue weighted by molar-refractivity contribution is 5.73. The number of halogens is 2. The van der Waals surface area contributed by atoms with Crippen LogP contribution in [0.5, 0.6) is 0 Å². The van der Waals surface area contributed by atoms with E-state index >= 15 is 0 Å². The monoisotopic (exact) mass is 271 g/mol. The lowest BCUT2D eigenvalue weighted by Gasteiger charge is -2.22. The van der Waals surface area contributed by atoms with E-state index in [0.717, 1.165) is 12.1 Å². The summed E-state index contributed by atoms with van der Waals surface area (Å²) in [6.07, 6.45) is 0.399. The van der Waals surface area contributed by atoms with Gasteiger partial charge in [0.1, 0.15) is 17.7 Å². The molecule has 1 rings (SSSR count). The van der Waals surface area contributed by atoms with Crippen LogP contribution in [-0.4, -0.2) is 17.1 Å². The molecule has 0 heterocycles. The molecule has 0 aromatic heterocycles. The molecule has 0 amide bonds. The minimum atomic E-state index is -1.02. The molecule has 0 aliphatic heterocycles. The minimum absolute atomic E-state index is 0.127. The van der Waals surface area contributed by atoms with E-state index in [2.05, 4.69) is 5.32 Å². The fourth-order valence-corrected chi connectivity index (χ4v) is 2.02. The lowest BCUT2D eigenvalue weighted by molar-refractivity contribution is -0.140. The van der Waals surface area contributed by atoms with Crippen molar-refractivity contribution < 1.29 is 18.7 Å². The van der Waals surface area contributed by atoms with Crippen molar-refractivity contribution in [2.75, 3.05) is 0 Å². The molecule has 2 N–H and O–H groups in total. The molecule has 0 bridgehead atoms. The molecule has 0 radical (unpaired) electrons. The molecule has 0 aliphatic carbocycles. The fraction of sp³-hybridized carbons (Fsp3) is 0.500. The van der Waals surface area contributed by atoms with Gasteiger partial charge in [-0.1, -0.05) is 19.9 Å². The second-order valence-corrected chi connectivity index (χ2v) is 5.04. The SMILES string of the molecule is CC(C)CC(NC(C)c1c(F)cccc1F)C(=O)O. The van der Waals surface area contributed by atoms with Crippen LogP contribution >= 0.6 is 0 Å². The zero-order chi connectivity index (χ0) is 14.6. The number of nitrogens with one attached hydrogen (secondary N) is 1. The van der Waals surface area contributed by atoms with E-state index in [4.69, 9.17) is 5.11 Å². The lowest BCUT2D eigenvalue weighted by Crippen LogP contribution is -2.39. The van der Waals surface area contributed by atoms with Crippen molar-refractivity contribution in [3.8, 4) is 0 Å². The number of aliphatic carboxylic acids is 1. The quantitative estimate of drug-likeness (QED) is 0.835. The first kappa shape index (κ1) is 15.6. The summed E-state index contributed by atoms with van der Waals surface area (Å²) in [5, 5.41) is 11.9. The first-order chi connectivity index (χ1) is 8.82. The maximum absolute atomic E-state index is 13.6. The number of carboxylic acids is 1. The Hall–Kier alpha value is -1.49. The highest BCUT2D eigenvalue weighted by Gasteiger charge is 2.24. The molecule has 0 aliphatic rings. The van der Waals surface area contributed by atoms with E-state index in [1.54, 1.807) is 6.92 Å². The predicted octanol–water partition coefficient (Wildman–Crippen LogP) is 3.11. The lowest BCUT2D eigenvalue weighted by atomic mass is 10.0. The van der Waals surface area contributed by atoms with Crippen molar-refractivity contribution in [1.82, 2.24) is 5.32 Å². The van der Waals surface area contributed by atoms with Gasteiger partial charge in [0.05, 0.1) is 0 Å². The maximum Gasteiger partial charge on any atom is 0.320 e. The molecule has 0 fully saturated rings. The van der Waals surface area contributed by atoms with Gasteiger partial charge in [0.15, 0.2) is 0 Å². The van der Waals surface area contributed by atoms with Gasteiger partial charge in [-0.3, -0.25) is 10.1 Å². The molecule has 2 unspecified atom stereocenters. The summed E-state index contributed by atoms with van der Waals surface area (Å²) in [4.78, 5) is 11.1.